The number of furan rings is 1. The molecule has 0 unspecified atom stereocenters. The minimum absolute atomic E-state index is 0.324. The molecule has 4 heteroatoms. The van der Waals surface area contributed by atoms with Crippen molar-refractivity contribution in [1.82, 2.24) is 0 Å². The lowest BCUT2D eigenvalue weighted by Crippen LogP contribution is -2.04. The van der Waals surface area contributed by atoms with Gasteiger partial charge < -0.3 is 13.9 Å². The maximum absolute atomic E-state index is 11.4. The first-order valence-electron chi connectivity index (χ1n) is 5.72. The fourth-order valence-electron chi connectivity index (χ4n) is 1.45. The summed E-state index contributed by atoms with van der Waals surface area (Å²) >= 11 is 0. The Bertz CT molecular complexity index is 485. The van der Waals surface area contributed by atoms with Crippen LogP contribution in [0.3, 0.4) is 0 Å². The predicted octanol–water partition coefficient (Wildman–Crippen LogP) is 3.04. The number of rotatable bonds is 5. The number of benzene rings is 1. The summed E-state index contributed by atoms with van der Waals surface area (Å²) in [5, 5.41) is 0. The molecule has 0 aliphatic carbocycles. The van der Waals surface area contributed by atoms with Gasteiger partial charge in [-0.05, 0) is 43.3 Å². The van der Waals surface area contributed by atoms with Crippen molar-refractivity contribution in [2.45, 2.75) is 13.5 Å². The van der Waals surface area contributed by atoms with Crippen LogP contribution in [0.25, 0.3) is 0 Å². The van der Waals surface area contributed by atoms with Crippen LogP contribution >= 0.6 is 0 Å². The average molecular weight is 246 g/mol. The Morgan fingerprint density at radius 1 is 1.22 bits per heavy atom. The molecule has 0 bridgehead atoms. The quantitative estimate of drug-likeness (QED) is 0.761. The lowest BCUT2D eigenvalue weighted by atomic mass is 10.2. The van der Waals surface area contributed by atoms with E-state index in [1.807, 2.05) is 12.1 Å². The SMILES string of the molecule is CCOC(=O)c1ccc(OCc2ccco2)cc1. The van der Waals surface area contributed by atoms with Crippen LogP contribution < -0.4 is 4.74 Å². The highest BCUT2D eigenvalue weighted by atomic mass is 16.5. The molecule has 0 atom stereocenters. The first kappa shape index (κ1) is 12.2. The third kappa shape index (κ3) is 3.13. The van der Waals surface area contributed by atoms with Crippen molar-refractivity contribution in [3.63, 3.8) is 0 Å². The number of hydrogen-bond donors (Lipinski definition) is 0. The first-order valence-corrected chi connectivity index (χ1v) is 5.72. The van der Waals surface area contributed by atoms with Crippen molar-refractivity contribution >= 4 is 5.97 Å². The summed E-state index contributed by atoms with van der Waals surface area (Å²) in [5.74, 6) is 1.11. The molecule has 0 radical (unpaired) electrons. The van der Waals surface area contributed by atoms with Gasteiger partial charge in [0.2, 0.25) is 0 Å². The number of carbonyl (C=O) groups excluding carboxylic acids is 1. The van der Waals surface area contributed by atoms with Crippen molar-refractivity contribution in [2.75, 3.05) is 6.61 Å². The summed E-state index contributed by atoms with van der Waals surface area (Å²) in [5.41, 5.74) is 0.516. The second kappa shape index (κ2) is 5.91. The maximum Gasteiger partial charge on any atom is 0.338 e. The Labute approximate surface area is 105 Å². The largest absolute Gasteiger partial charge is 0.486 e. The molecule has 1 heterocycles. The standard InChI is InChI=1S/C14H14O4/c1-2-16-14(15)11-5-7-12(8-6-11)18-10-13-4-3-9-17-13/h3-9H,2,10H2,1H3. The number of ether oxygens (including phenoxy) is 2. The molecular formula is C14H14O4. The van der Waals surface area contributed by atoms with Crippen molar-refractivity contribution in [1.29, 1.82) is 0 Å². The molecule has 0 spiro atoms. The molecule has 0 saturated carbocycles. The molecule has 2 rings (SSSR count). The van der Waals surface area contributed by atoms with Crippen LogP contribution in [-0.4, -0.2) is 12.6 Å². The second-order valence-corrected chi connectivity index (χ2v) is 3.61. The van der Waals surface area contributed by atoms with Crippen LogP contribution in [0, 0.1) is 0 Å². The van der Waals surface area contributed by atoms with Gasteiger partial charge in [0.05, 0.1) is 18.4 Å². The molecule has 0 N–H and O–H groups in total. The number of carbonyl (C=O) groups is 1. The van der Waals surface area contributed by atoms with Crippen LogP contribution in [0.1, 0.15) is 23.0 Å². The summed E-state index contributed by atoms with van der Waals surface area (Å²) in [6.45, 7) is 2.51. The van der Waals surface area contributed by atoms with Crippen LogP contribution in [0.15, 0.2) is 47.1 Å². The fourth-order valence-corrected chi connectivity index (χ4v) is 1.45. The minimum Gasteiger partial charge on any atom is -0.486 e. The van der Waals surface area contributed by atoms with E-state index in [4.69, 9.17) is 13.9 Å². The van der Waals surface area contributed by atoms with Gasteiger partial charge in [-0.3, -0.25) is 0 Å². The van der Waals surface area contributed by atoms with Gasteiger partial charge in [0.15, 0.2) is 0 Å². The van der Waals surface area contributed by atoms with E-state index in [0.717, 1.165) is 5.76 Å². The number of esters is 1. The summed E-state index contributed by atoms with van der Waals surface area (Å²) < 4.78 is 15.5. The van der Waals surface area contributed by atoms with E-state index in [2.05, 4.69) is 0 Å². The molecule has 0 aliphatic heterocycles. The highest BCUT2D eigenvalue weighted by molar-refractivity contribution is 5.89. The van der Waals surface area contributed by atoms with Crippen molar-refractivity contribution in [2.24, 2.45) is 0 Å². The van der Waals surface area contributed by atoms with Crippen molar-refractivity contribution in [3.05, 3.63) is 54.0 Å². The smallest absolute Gasteiger partial charge is 0.338 e. The van der Waals surface area contributed by atoms with Crippen LogP contribution in [0.2, 0.25) is 0 Å². The summed E-state index contributed by atoms with van der Waals surface area (Å²) in [7, 11) is 0. The zero-order valence-electron chi connectivity index (χ0n) is 10.1. The van der Waals surface area contributed by atoms with Gasteiger partial charge in [-0.2, -0.15) is 0 Å². The summed E-state index contributed by atoms with van der Waals surface area (Å²) in [6.07, 6.45) is 1.60. The molecule has 0 saturated heterocycles. The van der Waals surface area contributed by atoms with Gasteiger partial charge in [-0.25, -0.2) is 4.79 Å². The van der Waals surface area contributed by atoms with E-state index in [1.165, 1.54) is 0 Å². The zero-order chi connectivity index (χ0) is 12.8. The lowest BCUT2D eigenvalue weighted by molar-refractivity contribution is 0.0526. The Morgan fingerprint density at radius 2 is 2.00 bits per heavy atom. The molecule has 1 aromatic heterocycles. The van der Waals surface area contributed by atoms with Gasteiger partial charge in [-0.1, -0.05) is 0 Å². The maximum atomic E-state index is 11.4. The topological polar surface area (TPSA) is 48.7 Å². The third-order valence-electron chi connectivity index (χ3n) is 2.33. The van der Waals surface area contributed by atoms with E-state index < -0.39 is 0 Å². The van der Waals surface area contributed by atoms with E-state index in [0.29, 0.717) is 24.5 Å². The number of hydrogen-bond acceptors (Lipinski definition) is 4. The van der Waals surface area contributed by atoms with Gasteiger partial charge in [0.25, 0.3) is 0 Å². The van der Waals surface area contributed by atoms with Crippen LogP contribution in [0.5, 0.6) is 5.75 Å². The third-order valence-corrected chi connectivity index (χ3v) is 2.33. The second-order valence-electron chi connectivity index (χ2n) is 3.61. The fraction of sp³-hybridized carbons (Fsp3) is 0.214. The molecule has 0 aliphatic rings. The highest BCUT2D eigenvalue weighted by Crippen LogP contribution is 2.15. The van der Waals surface area contributed by atoms with Gasteiger partial charge in [0.1, 0.15) is 18.1 Å². The molecule has 4 nitrogen and oxygen atoms in total. The monoisotopic (exact) mass is 246 g/mol. The average Bonchev–Trinajstić information content (AvgIpc) is 2.90. The Hall–Kier alpha value is -2.23. The van der Waals surface area contributed by atoms with E-state index in [9.17, 15) is 4.79 Å². The molecular weight excluding hydrogens is 232 g/mol. The Balaban J connectivity index is 1.93. The van der Waals surface area contributed by atoms with Gasteiger partial charge in [-0.15, -0.1) is 0 Å². The molecule has 18 heavy (non-hydrogen) atoms. The zero-order valence-corrected chi connectivity index (χ0v) is 10.1. The molecule has 0 amide bonds. The van der Waals surface area contributed by atoms with Crippen molar-refractivity contribution < 1.29 is 18.7 Å². The van der Waals surface area contributed by atoms with E-state index in [-0.39, 0.29) is 5.97 Å². The van der Waals surface area contributed by atoms with Gasteiger partial charge in [0, 0.05) is 0 Å². The Morgan fingerprint density at radius 3 is 2.61 bits per heavy atom. The molecule has 1 aromatic carbocycles. The van der Waals surface area contributed by atoms with E-state index >= 15 is 0 Å². The first-order chi connectivity index (χ1) is 8.79. The minimum atomic E-state index is -0.324. The normalized spacial score (nSPS) is 10.1. The molecule has 0 fully saturated rings. The molecule has 2 aromatic rings. The highest BCUT2D eigenvalue weighted by Gasteiger charge is 2.06. The summed E-state index contributed by atoms with van der Waals surface area (Å²) in [4.78, 5) is 11.4. The van der Waals surface area contributed by atoms with Crippen LogP contribution in [-0.2, 0) is 11.3 Å². The Kier molecular flexibility index (Phi) is 4.02. The van der Waals surface area contributed by atoms with E-state index in [1.54, 1.807) is 37.5 Å². The van der Waals surface area contributed by atoms with Crippen LogP contribution in [0.4, 0.5) is 0 Å². The predicted molar refractivity (Wildman–Crippen MR) is 65.4 cm³/mol. The summed E-state index contributed by atoms with van der Waals surface area (Å²) in [6, 6.07) is 10.5. The molecule has 94 valence electrons. The lowest BCUT2D eigenvalue weighted by Gasteiger charge is -2.05. The van der Waals surface area contributed by atoms with Gasteiger partial charge >= 0.3 is 5.97 Å². The van der Waals surface area contributed by atoms with Crippen molar-refractivity contribution in [3.8, 4) is 5.75 Å².